The van der Waals surface area contributed by atoms with Crippen molar-refractivity contribution in [2.45, 2.75) is 31.7 Å². The van der Waals surface area contributed by atoms with E-state index in [1.54, 1.807) is 30.8 Å². The van der Waals surface area contributed by atoms with Gasteiger partial charge in [-0.25, -0.2) is 4.79 Å². The molecule has 104 valence electrons. The normalized spacial score (nSPS) is 23.4. The van der Waals surface area contributed by atoms with Gasteiger partial charge in [-0.2, -0.15) is 0 Å². The number of aliphatic carboxylic acids is 1. The van der Waals surface area contributed by atoms with Gasteiger partial charge in [-0.3, -0.25) is 4.79 Å². The van der Waals surface area contributed by atoms with E-state index in [2.05, 4.69) is 0 Å². The molecule has 0 aromatic carbocycles. The molecule has 0 bridgehead atoms. The third-order valence-electron chi connectivity index (χ3n) is 3.79. The van der Waals surface area contributed by atoms with Gasteiger partial charge in [-0.15, -0.1) is 0 Å². The molecule has 5 nitrogen and oxygen atoms in total. The monoisotopic (exact) mass is 284 g/mol. The molecule has 1 N–H and O–H groups in total. The molecule has 1 saturated heterocycles. The zero-order valence-electron chi connectivity index (χ0n) is 11.0. The number of likely N-dealkylation sites (tertiary alicyclic amines) is 1. The molecule has 1 aliphatic rings. The first-order chi connectivity index (χ1) is 8.86. The van der Waals surface area contributed by atoms with E-state index in [1.807, 2.05) is 0 Å². The highest BCUT2D eigenvalue weighted by Gasteiger charge is 2.44. The minimum absolute atomic E-state index is 0.279. The first-order valence-electron chi connectivity index (χ1n) is 6.23. The fourth-order valence-corrected chi connectivity index (χ4v) is 2.79. The van der Waals surface area contributed by atoms with Crippen LogP contribution in [0.3, 0.4) is 0 Å². The number of rotatable bonds is 2. The number of hydrogen-bond acceptors (Lipinski definition) is 2. The summed E-state index contributed by atoms with van der Waals surface area (Å²) in [7, 11) is 1.72. The number of amides is 1. The fourth-order valence-electron chi connectivity index (χ4n) is 2.54. The van der Waals surface area contributed by atoms with E-state index in [-0.39, 0.29) is 5.91 Å². The van der Waals surface area contributed by atoms with Crippen molar-refractivity contribution in [3.63, 3.8) is 0 Å². The summed E-state index contributed by atoms with van der Waals surface area (Å²) in [4.78, 5) is 25.5. The molecule has 19 heavy (non-hydrogen) atoms. The van der Waals surface area contributed by atoms with E-state index in [4.69, 9.17) is 11.6 Å². The lowest BCUT2D eigenvalue weighted by Crippen LogP contribution is -2.57. The van der Waals surface area contributed by atoms with Crippen LogP contribution in [0.15, 0.2) is 12.3 Å². The molecule has 2 heterocycles. The first kappa shape index (κ1) is 13.9. The number of nitrogens with zero attached hydrogens (tertiary/aromatic N) is 2. The van der Waals surface area contributed by atoms with Gasteiger partial charge in [0.25, 0.3) is 5.91 Å². The van der Waals surface area contributed by atoms with Gasteiger partial charge in [0.2, 0.25) is 0 Å². The van der Waals surface area contributed by atoms with Crippen LogP contribution in [0.25, 0.3) is 0 Å². The molecule has 0 radical (unpaired) electrons. The second-order valence-electron chi connectivity index (χ2n) is 5.15. The maximum absolute atomic E-state index is 12.5. The average Bonchev–Trinajstić information content (AvgIpc) is 2.68. The molecule has 1 unspecified atom stereocenters. The summed E-state index contributed by atoms with van der Waals surface area (Å²) in [6.45, 7) is 2.07. The lowest BCUT2D eigenvalue weighted by atomic mass is 9.88. The third-order valence-corrected chi connectivity index (χ3v) is 3.99. The molecule has 1 aromatic heterocycles. The molecule has 1 atom stereocenters. The van der Waals surface area contributed by atoms with Crippen LogP contribution in [0.5, 0.6) is 0 Å². The fraction of sp³-hybridized carbons (Fsp3) is 0.538. The highest BCUT2D eigenvalue weighted by atomic mass is 35.5. The molecule has 0 aliphatic carbocycles. The Morgan fingerprint density at radius 1 is 1.42 bits per heavy atom. The molecular formula is C13H17ClN2O3. The number of piperidine rings is 1. The summed E-state index contributed by atoms with van der Waals surface area (Å²) in [6.07, 6.45) is 3.76. The smallest absolute Gasteiger partial charge is 0.329 e. The number of carboxylic acid groups (broad SMARTS) is 1. The van der Waals surface area contributed by atoms with Crippen LogP contribution in [-0.4, -0.2) is 38.5 Å². The van der Waals surface area contributed by atoms with Crippen molar-refractivity contribution in [3.8, 4) is 0 Å². The van der Waals surface area contributed by atoms with Gasteiger partial charge < -0.3 is 14.6 Å². The molecule has 1 amide bonds. The Kier molecular flexibility index (Phi) is 3.58. The number of carbonyl (C=O) groups excluding carboxylic acids is 1. The van der Waals surface area contributed by atoms with Crippen LogP contribution in [-0.2, 0) is 11.8 Å². The van der Waals surface area contributed by atoms with Crippen LogP contribution in [0.1, 0.15) is 36.7 Å². The van der Waals surface area contributed by atoms with Gasteiger partial charge in [-0.05, 0) is 32.3 Å². The largest absolute Gasteiger partial charge is 0.480 e. The van der Waals surface area contributed by atoms with Gasteiger partial charge in [0.15, 0.2) is 0 Å². The van der Waals surface area contributed by atoms with Crippen molar-refractivity contribution in [3.05, 3.63) is 23.0 Å². The van der Waals surface area contributed by atoms with Gasteiger partial charge >= 0.3 is 5.97 Å². The number of halogens is 1. The van der Waals surface area contributed by atoms with Crippen LogP contribution in [0.4, 0.5) is 0 Å². The Hall–Kier alpha value is -1.49. The summed E-state index contributed by atoms with van der Waals surface area (Å²) < 4.78 is 1.63. The van der Waals surface area contributed by atoms with E-state index in [0.717, 1.165) is 12.8 Å². The number of aryl methyl sites for hydroxylation is 1. The van der Waals surface area contributed by atoms with Crippen LogP contribution < -0.4 is 0 Å². The minimum atomic E-state index is -1.13. The van der Waals surface area contributed by atoms with Crippen molar-refractivity contribution in [2.24, 2.45) is 7.05 Å². The Balaban J connectivity index is 2.36. The average molecular weight is 285 g/mol. The van der Waals surface area contributed by atoms with Crippen molar-refractivity contribution in [1.29, 1.82) is 0 Å². The summed E-state index contributed by atoms with van der Waals surface area (Å²) >= 11 is 5.87. The Morgan fingerprint density at radius 3 is 2.63 bits per heavy atom. The van der Waals surface area contributed by atoms with Crippen molar-refractivity contribution < 1.29 is 14.7 Å². The summed E-state index contributed by atoms with van der Waals surface area (Å²) in [5, 5.41) is 9.88. The van der Waals surface area contributed by atoms with Gasteiger partial charge in [0, 0.05) is 19.8 Å². The summed E-state index contributed by atoms with van der Waals surface area (Å²) in [5.74, 6) is -1.24. The van der Waals surface area contributed by atoms with Crippen molar-refractivity contribution >= 4 is 23.5 Å². The van der Waals surface area contributed by atoms with Gasteiger partial charge in [0.1, 0.15) is 11.2 Å². The van der Waals surface area contributed by atoms with Crippen LogP contribution in [0, 0.1) is 0 Å². The zero-order chi connectivity index (χ0) is 14.2. The first-order valence-corrected chi connectivity index (χ1v) is 6.61. The summed E-state index contributed by atoms with van der Waals surface area (Å²) in [6, 6.07) is 1.57. The highest BCUT2D eigenvalue weighted by molar-refractivity contribution is 6.31. The molecule has 6 heteroatoms. The second kappa shape index (κ2) is 4.89. The van der Waals surface area contributed by atoms with E-state index in [0.29, 0.717) is 23.7 Å². The Labute approximate surface area is 116 Å². The molecule has 1 fully saturated rings. The standard InChI is InChI=1S/C13H17ClN2O3/c1-13(12(18)19)5-3-4-6-16(13)11(17)10-7-9(14)8-15(10)2/h7-8H,3-6H2,1-2H3,(H,18,19). The lowest BCUT2D eigenvalue weighted by molar-refractivity contribution is -0.150. The van der Waals surface area contributed by atoms with E-state index in [1.165, 1.54) is 4.90 Å². The Bertz CT molecular complexity index is 526. The van der Waals surface area contributed by atoms with Crippen molar-refractivity contribution in [2.75, 3.05) is 6.54 Å². The highest BCUT2D eigenvalue weighted by Crippen LogP contribution is 2.30. The van der Waals surface area contributed by atoms with Crippen molar-refractivity contribution in [1.82, 2.24) is 9.47 Å². The summed E-state index contributed by atoms with van der Waals surface area (Å²) in [5.41, 5.74) is -0.717. The molecule has 1 aliphatic heterocycles. The number of hydrogen-bond donors (Lipinski definition) is 1. The predicted octanol–water partition coefficient (Wildman–Crippen LogP) is 2.15. The lowest BCUT2D eigenvalue weighted by Gasteiger charge is -2.41. The number of carbonyl (C=O) groups is 2. The number of carboxylic acids is 1. The third kappa shape index (κ3) is 2.34. The van der Waals surface area contributed by atoms with E-state index >= 15 is 0 Å². The topological polar surface area (TPSA) is 62.5 Å². The maximum Gasteiger partial charge on any atom is 0.329 e. The zero-order valence-corrected chi connectivity index (χ0v) is 11.8. The van der Waals surface area contributed by atoms with E-state index < -0.39 is 11.5 Å². The predicted molar refractivity (Wildman–Crippen MR) is 71.4 cm³/mol. The Morgan fingerprint density at radius 2 is 2.11 bits per heavy atom. The molecular weight excluding hydrogens is 268 g/mol. The second-order valence-corrected chi connectivity index (χ2v) is 5.58. The SMILES string of the molecule is Cn1cc(Cl)cc1C(=O)N1CCCCC1(C)C(=O)O. The minimum Gasteiger partial charge on any atom is -0.480 e. The van der Waals surface area contributed by atoms with Gasteiger partial charge in [-0.1, -0.05) is 11.6 Å². The molecule has 0 saturated carbocycles. The molecule has 0 spiro atoms. The van der Waals surface area contributed by atoms with Crippen LogP contribution in [0.2, 0.25) is 5.02 Å². The number of aromatic nitrogens is 1. The maximum atomic E-state index is 12.5. The quantitative estimate of drug-likeness (QED) is 0.905. The molecule has 2 rings (SSSR count). The van der Waals surface area contributed by atoms with E-state index in [9.17, 15) is 14.7 Å². The van der Waals surface area contributed by atoms with Gasteiger partial charge in [0.05, 0.1) is 5.02 Å². The molecule has 1 aromatic rings. The van der Waals surface area contributed by atoms with Crippen LogP contribution >= 0.6 is 11.6 Å².